The average Bonchev–Trinajstić information content (AvgIpc) is 2.42. The Balaban J connectivity index is 3.08. The van der Waals surface area contributed by atoms with Gasteiger partial charge in [-0.1, -0.05) is 13.3 Å². The van der Waals surface area contributed by atoms with Crippen molar-refractivity contribution in [2.24, 2.45) is 5.84 Å². The van der Waals surface area contributed by atoms with Gasteiger partial charge in [0.25, 0.3) is 11.6 Å². The first-order valence-corrected chi connectivity index (χ1v) is 6.01. The van der Waals surface area contributed by atoms with Crippen molar-refractivity contribution in [2.75, 3.05) is 19.0 Å². The molecule has 104 valence electrons. The second-order valence-electron chi connectivity index (χ2n) is 4.21. The molecule has 19 heavy (non-hydrogen) atoms. The molecule has 7 heteroatoms. The summed E-state index contributed by atoms with van der Waals surface area (Å²) in [6.07, 6.45) is 1.80. The number of nitrogens with two attached hydrogens (primary N) is 1. The third-order valence-corrected chi connectivity index (χ3v) is 2.78. The van der Waals surface area contributed by atoms with Gasteiger partial charge in [0.2, 0.25) is 0 Å². The van der Waals surface area contributed by atoms with Crippen molar-refractivity contribution in [3.05, 3.63) is 33.9 Å². The Kier molecular flexibility index (Phi) is 5.25. The fourth-order valence-electron chi connectivity index (χ4n) is 1.66. The first-order valence-electron chi connectivity index (χ1n) is 6.01. The summed E-state index contributed by atoms with van der Waals surface area (Å²) in [5, 5.41) is 10.9. The van der Waals surface area contributed by atoms with E-state index in [1.54, 1.807) is 7.05 Å². The molecule has 0 spiro atoms. The molecule has 1 aromatic rings. The van der Waals surface area contributed by atoms with Crippen molar-refractivity contribution in [3.8, 4) is 0 Å². The Morgan fingerprint density at radius 1 is 1.53 bits per heavy atom. The number of nitro benzene ring substituents is 1. The predicted octanol–water partition coefficient (Wildman–Crippen LogP) is 1.75. The van der Waals surface area contributed by atoms with Crippen LogP contribution in [-0.2, 0) is 0 Å². The molecular formula is C12H18N4O3. The molecule has 7 nitrogen and oxygen atoms in total. The molecule has 0 radical (unpaired) electrons. The van der Waals surface area contributed by atoms with E-state index in [2.05, 4.69) is 5.43 Å². The van der Waals surface area contributed by atoms with E-state index in [-0.39, 0.29) is 17.2 Å². The van der Waals surface area contributed by atoms with E-state index >= 15 is 0 Å². The first kappa shape index (κ1) is 14.9. The number of carbonyl (C=O) groups is 1. The maximum atomic E-state index is 12.2. The lowest BCUT2D eigenvalue weighted by Gasteiger charge is -2.17. The van der Waals surface area contributed by atoms with Crippen molar-refractivity contribution in [2.45, 2.75) is 19.8 Å². The van der Waals surface area contributed by atoms with Gasteiger partial charge in [0.15, 0.2) is 0 Å². The smallest absolute Gasteiger partial charge is 0.282 e. The summed E-state index contributed by atoms with van der Waals surface area (Å²) < 4.78 is 0. The molecule has 0 unspecified atom stereocenters. The average molecular weight is 266 g/mol. The van der Waals surface area contributed by atoms with E-state index in [1.165, 1.54) is 23.1 Å². The number of rotatable bonds is 6. The van der Waals surface area contributed by atoms with Gasteiger partial charge in [-0.3, -0.25) is 20.8 Å². The molecule has 1 amide bonds. The third-order valence-electron chi connectivity index (χ3n) is 2.78. The van der Waals surface area contributed by atoms with Gasteiger partial charge in [-0.25, -0.2) is 0 Å². The van der Waals surface area contributed by atoms with Gasteiger partial charge >= 0.3 is 0 Å². The molecule has 0 aromatic heterocycles. The Labute approximate surface area is 111 Å². The minimum absolute atomic E-state index is 0.0408. The molecule has 0 saturated heterocycles. The summed E-state index contributed by atoms with van der Waals surface area (Å²) in [6.45, 7) is 2.58. The monoisotopic (exact) mass is 266 g/mol. The van der Waals surface area contributed by atoms with E-state index in [4.69, 9.17) is 5.84 Å². The molecule has 0 aliphatic rings. The van der Waals surface area contributed by atoms with Crippen LogP contribution in [0.1, 0.15) is 30.1 Å². The Morgan fingerprint density at radius 2 is 2.21 bits per heavy atom. The SMILES string of the molecule is CCCCN(C)C(=O)c1cc(NN)ccc1[N+](=O)[O-]. The number of nitrogens with zero attached hydrogens (tertiary/aromatic N) is 2. The number of hydrogen-bond acceptors (Lipinski definition) is 5. The van der Waals surface area contributed by atoms with Crippen molar-refractivity contribution < 1.29 is 9.72 Å². The van der Waals surface area contributed by atoms with Crippen molar-refractivity contribution in [1.29, 1.82) is 0 Å². The van der Waals surface area contributed by atoms with Gasteiger partial charge in [0.05, 0.1) is 4.92 Å². The van der Waals surface area contributed by atoms with Gasteiger partial charge in [-0.2, -0.15) is 0 Å². The summed E-state index contributed by atoms with van der Waals surface area (Å²) in [5.41, 5.74) is 2.66. The van der Waals surface area contributed by atoms with Crippen LogP contribution in [0.15, 0.2) is 18.2 Å². The van der Waals surface area contributed by atoms with Gasteiger partial charge in [0.1, 0.15) is 5.56 Å². The zero-order valence-electron chi connectivity index (χ0n) is 11.0. The van der Waals surface area contributed by atoms with E-state index < -0.39 is 4.92 Å². The molecule has 0 heterocycles. The molecule has 0 atom stereocenters. The van der Waals surface area contributed by atoms with Crippen LogP contribution in [0, 0.1) is 10.1 Å². The number of benzene rings is 1. The molecule has 0 aliphatic heterocycles. The lowest BCUT2D eigenvalue weighted by atomic mass is 10.1. The number of hydrazine groups is 1. The lowest BCUT2D eigenvalue weighted by Crippen LogP contribution is -2.28. The summed E-state index contributed by atoms with van der Waals surface area (Å²) in [7, 11) is 1.63. The lowest BCUT2D eigenvalue weighted by molar-refractivity contribution is -0.385. The largest absolute Gasteiger partial charge is 0.341 e. The third kappa shape index (κ3) is 3.65. The minimum atomic E-state index is -0.568. The molecule has 0 aliphatic carbocycles. The Morgan fingerprint density at radius 3 is 2.74 bits per heavy atom. The number of unbranched alkanes of at least 4 members (excludes halogenated alkanes) is 1. The zero-order valence-corrected chi connectivity index (χ0v) is 11.0. The second kappa shape index (κ2) is 6.69. The van der Waals surface area contributed by atoms with E-state index in [1.807, 2.05) is 6.92 Å². The Bertz CT molecular complexity index is 476. The maximum absolute atomic E-state index is 12.2. The minimum Gasteiger partial charge on any atom is -0.341 e. The molecule has 1 aromatic carbocycles. The summed E-state index contributed by atoms with van der Waals surface area (Å²) in [5.74, 6) is 4.88. The van der Waals surface area contributed by atoms with Gasteiger partial charge < -0.3 is 10.3 Å². The second-order valence-corrected chi connectivity index (χ2v) is 4.21. The first-order chi connectivity index (χ1) is 9.01. The summed E-state index contributed by atoms with van der Waals surface area (Å²) in [4.78, 5) is 24.1. The highest BCUT2D eigenvalue weighted by Crippen LogP contribution is 2.23. The quantitative estimate of drug-likeness (QED) is 0.464. The number of amides is 1. The van der Waals surface area contributed by atoms with Crippen LogP contribution in [0.4, 0.5) is 11.4 Å². The molecule has 0 fully saturated rings. The summed E-state index contributed by atoms with van der Waals surface area (Å²) >= 11 is 0. The maximum Gasteiger partial charge on any atom is 0.282 e. The number of carbonyl (C=O) groups excluding carboxylic acids is 1. The number of hydrogen-bond donors (Lipinski definition) is 2. The van der Waals surface area contributed by atoms with Crippen LogP contribution >= 0.6 is 0 Å². The predicted molar refractivity (Wildman–Crippen MR) is 72.8 cm³/mol. The number of nitro groups is 1. The molecule has 1 rings (SSSR count). The van der Waals surface area contributed by atoms with Crippen molar-refractivity contribution in [1.82, 2.24) is 4.90 Å². The van der Waals surface area contributed by atoms with Crippen LogP contribution in [-0.4, -0.2) is 29.3 Å². The number of anilines is 1. The highest BCUT2D eigenvalue weighted by atomic mass is 16.6. The van der Waals surface area contributed by atoms with Crippen molar-refractivity contribution in [3.63, 3.8) is 0 Å². The molecular weight excluding hydrogens is 248 g/mol. The Hall–Kier alpha value is -2.15. The van der Waals surface area contributed by atoms with E-state index in [9.17, 15) is 14.9 Å². The van der Waals surface area contributed by atoms with Gasteiger partial charge in [0, 0.05) is 25.3 Å². The highest BCUT2D eigenvalue weighted by Gasteiger charge is 2.23. The van der Waals surface area contributed by atoms with Crippen molar-refractivity contribution >= 4 is 17.3 Å². The fourth-order valence-corrected chi connectivity index (χ4v) is 1.66. The molecule has 3 N–H and O–H groups in total. The van der Waals surface area contributed by atoms with Crippen LogP contribution in [0.2, 0.25) is 0 Å². The van der Waals surface area contributed by atoms with E-state index in [0.717, 1.165) is 12.8 Å². The number of nitrogens with one attached hydrogen (secondary N) is 1. The van der Waals surface area contributed by atoms with E-state index in [0.29, 0.717) is 12.2 Å². The zero-order chi connectivity index (χ0) is 14.4. The van der Waals surface area contributed by atoms with Gasteiger partial charge in [-0.15, -0.1) is 0 Å². The summed E-state index contributed by atoms with van der Waals surface area (Å²) in [6, 6.07) is 4.12. The molecule has 0 saturated carbocycles. The standard InChI is InChI=1S/C12H18N4O3/c1-3-4-7-15(2)12(17)10-8-9(14-13)5-6-11(10)16(18)19/h5-6,8,14H,3-4,7,13H2,1-2H3. The number of nitrogen functional groups attached to an aromatic ring is 1. The van der Waals surface area contributed by atoms with Crippen LogP contribution in [0.5, 0.6) is 0 Å². The topological polar surface area (TPSA) is 102 Å². The van der Waals surface area contributed by atoms with Crippen LogP contribution < -0.4 is 11.3 Å². The van der Waals surface area contributed by atoms with Gasteiger partial charge in [-0.05, 0) is 18.6 Å². The molecule has 0 bridgehead atoms. The van der Waals surface area contributed by atoms with Crippen LogP contribution in [0.3, 0.4) is 0 Å². The normalized spacial score (nSPS) is 10.1. The highest BCUT2D eigenvalue weighted by molar-refractivity contribution is 5.99. The fraction of sp³-hybridized carbons (Fsp3) is 0.417. The van der Waals surface area contributed by atoms with Crippen LogP contribution in [0.25, 0.3) is 0 Å².